The molecule has 9 heteroatoms. The van der Waals surface area contributed by atoms with Gasteiger partial charge in [-0.15, -0.1) is 0 Å². The minimum atomic E-state index is -1.39. The molecule has 4 atom stereocenters. The summed E-state index contributed by atoms with van der Waals surface area (Å²) in [6.45, 7) is 7.90. The normalized spacial score (nSPS) is 32.3. The number of hydrogen-bond acceptors (Lipinski definition) is 4. The minimum Gasteiger partial charge on any atom is -0.390 e. The van der Waals surface area contributed by atoms with Gasteiger partial charge in [-0.25, -0.2) is 8.78 Å². The SMILES string of the molecule is CC(C)(C)C[C@@H]1N[C@@H](C(=O)N[C@H]2CC[C@@](C)(O)CC2)[C@H](c2cccc(F)c2F)[C@]12C(=O)Nc1cc(Cl)ccc12. The fourth-order valence-electron chi connectivity index (χ4n) is 6.83. The Morgan fingerprint density at radius 2 is 1.87 bits per heavy atom. The summed E-state index contributed by atoms with van der Waals surface area (Å²) in [6.07, 6.45) is 2.79. The maximum atomic E-state index is 15.6. The third kappa shape index (κ3) is 4.96. The topological polar surface area (TPSA) is 90.5 Å². The first-order valence-corrected chi connectivity index (χ1v) is 13.9. The molecule has 4 N–H and O–H groups in total. The van der Waals surface area contributed by atoms with Crippen LogP contribution in [0.2, 0.25) is 5.02 Å². The van der Waals surface area contributed by atoms with Crippen LogP contribution in [0.1, 0.15) is 76.8 Å². The van der Waals surface area contributed by atoms with Crippen molar-refractivity contribution in [3.8, 4) is 0 Å². The van der Waals surface area contributed by atoms with Crippen LogP contribution in [0.5, 0.6) is 0 Å². The van der Waals surface area contributed by atoms with Gasteiger partial charge in [0.2, 0.25) is 11.8 Å². The van der Waals surface area contributed by atoms with E-state index in [2.05, 4.69) is 16.0 Å². The quantitative estimate of drug-likeness (QED) is 0.416. The molecule has 0 aromatic heterocycles. The number of benzene rings is 2. The van der Waals surface area contributed by atoms with Crippen LogP contribution < -0.4 is 16.0 Å². The zero-order valence-electron chi connectivity index (χ0n) is 22.7. The van der Waals surface area contributed by atoms with E-state index in [1.54, 1.807) is 25.1 Å². The van der Waals surface area contributed by atoms with Gasteiger partial charge in [-0.2, -0.15) is 0 Å². The number of nitrogens with one attached hydrogen (secondary N) is 3. The second-order valence-electron chi connectivity index (χ2n) is 12.9. The molecule has 3 aliphatic rings. The van der Waals surface area contributed by atoms with Crippen molar-refractivity contribution < 1.29 is 23.5 Å². The predicted molar refractivity (Wildman–Crippen MR) is 147 cm³/mol. The third-order valence-corrected chi connectivity index (χ3v) is 8.87. The lowest BCUT2D eigenvalue weighted by atomic mass is 9.62. The second-order valence-corrected chi connectivity index (χ2v) is 13.3. The Labute approximate surface area is 232 Å². The summed E-state index contributed by atoms with van der Waals surface area (Å²) in [7, 11) is 0. The maximum Gasteiger partial charge on any atom is 0.238 e. The number of halogens is 3. The Hall–Kier alpha value is -2.55. The molecular weight excluding hydrogens is 524 g/mol. The van der Waals surface area contributed by atoms with Crippen LogP contribution in [-0.4, -0.2) is 40.6 Å². The fraction of sp³-hybridized carbons (Fsp3) is 0.533. The summed E-state index contributed by atoms with van der Waals surface area (Å²) >= 11 is 6.26. The van der Waals surface area contributed by atoms with Crippen LogP contribution in [0.25, 0.3) is 0 Å². The molecule has 2 aliphatic heterocycles. The van der Waals surface area contributed by atoms with Crippen molar-refractivity contribution in [1.29, 1.82) is 0 Å². The first-order valence-electron chi connectivity index (χ1n) is 13.6. The number of anilines is 1. The van der Waals surface area contributed by atoms with Gasteiger partial charge in [0.1, 0.15) is 5.41 Å². The van der Waals surface area contributed by atoms with Crippen molar-refractivity contribution >= 4 is 29.1 Å². The van der Waals surface area contributed by atoms with Gasteiger partial charge in [-0.3, -0.25) is 9.59 Å². The van der Waals surface area contributed by atoms with E-state index in [0.717, 1.165) is 6.07 Å². The molecule has 2 aromatic carbocycles. The largest absolute Gasteiger partial charge is 0.390 e. The highest BCUT2D eigenvalue weighted by Gasteiger charge is 2.66. The van der Waals surface area contributed by atoms with E-state index >= 15 is 4.39 Å². The number of rotatable bonds is 4. The van der Waals surface area contributed by atoms with E-state index in [0.29, 0.717) is 48.4 Å². The molecule has 2 aromatic rings. The predicted octanol–water partition coefficient (Wildman–Crippen LogP) is 5.18. The van der Waals surface area contributed by atoms with Crippen LogP contribution in [0.15, 0.2) is 36.4 Å². The van der Waals surface area contributed by atoms with Crippen molar-refractivity contribution in [2.75, 3.05) is 5.32 Å². The van der Waals surface area contributed by atoms with Gasteiger partial charge in [-0.05, 0) is 73.8 Å². The Morgan fingerprint density at radius 1 is 1.18 bits per heavy atom. The van der Waals surface area contributed by atoms with Gasteiger partial charge in [0, 0.05) is 28.7 Å². The van der Waals surface area contributed by atoms with Gasteiger partial charge in [0.25, 0.3) is 0 Å². The maximum absolute atomic E-state index is 15.6. The standard InChI is InChI=1S/C30H36ClF2N3O3/c1-28(2,3)15-22-30(19-9-8-16(31)14-21(19)35-27(30)38)23(18-6-5-7-20(32)24(18)33)25(36-22)26(37)34-17-10-12-29(4,39)13-11-17/h5-9,14,17,22-23,25,36,39H,10-13,15H2,1-4H3,(H,34,37)(H,35,38)/t17-,22-,23-,25+,29+,30+/m0/s1. The Bertz CT molecular complexity index is 1300. The van der Waals surface area contributed by atoms with Crippen molar-refractivity contribution in [3.05, 3.63) is 64.2 Å². The molecule has 2 fully saturated rings. The Kier molecular flexibility index (Phi) is 7.05. The van der Waals surface area contributed by atoms with Gasteiger partial charge in [0.15, 0.2) is 11.6 Å². The Morgan fingerprint density at radius 3 is 2.54 bits per heavy atom. The van der Waals surface area contributed by atoms with Gasteiger partial charge < -0.3 is 21.1 Å². The van der Waals surface area contributed by atoms with Gasteiger partial charge in [-0.1, -0.05) is 50.6 Å². The molecule has 5 rings (SSSR count). The van der Waals surface area contributed by atoms with Gasteiger partial charge in [0.05, 0.1) is 11.6 Å². The lowest BCUT2D eigenvalue weighted by Crippen LogP contribution is -2.50. The first-order chi connectivity index (χ1) is 18.2. The zero-order chi connectivity index (χ0) is 28.3. The van der Waals surface area contributed by atoms with Crippen molar-refractivity contribution in [1.82, 2.24) is 10.6 Å². The lowest BCUT2D eigenvalue weighted by molar-refractivity contribution is -0.125. The zero-order valence-corrected chi connectivity index (χ0v) is 23.5. The van der Waals surface area contributed by atoms with Crippen LogP contribution in [-0.2, 0) is 15.0 Å². The second kappa shape index (κ2) is 9.82. The summed E-state index contributed by atoms with van der Waals surface area (Å²) < 4.78 is 30.2. The average Bonchev–Trinajstić information content (AvgIpc) is 3.31. The number of amides is 2. The summed E-state index contributed by atoms with van der Waals surface area (Å²) in [4.78, 5) is 28.1. The van der Waals surface area contributed by atoms with E-state index in [4.69, 9.17) is 11.6 Å². The lowest BCUT2D eigenvalue weighted by Gasteiger charge is -2.38. The third-order valence-electron chi connectivity index (χ3n) is 8.63. The van der Waals surface area contributed by atoms with Crippen LogP contribution in [0.3, 0.4) is 0 Å². The summed E-state index contributed by atoms with van der Waals surface area (Å²) in [5.74, 6) is -3.89. The molecule has 1 spiro atoms. The van der Waals surface area contributed by atoms with Crippen molar-refractivity contribution in [3.63, 3.8) is 0 Å². The van der Waals surface area contributed by atoms with E-state index < -0.39 is 40.7 Å². The molecule has 39 heavy (non-hydrogen) atoms. The molecule has 2 amide bonds. The highest BCUT2D eigenvalue weighted by molar-refractivity contribution is 6.31. The number of fused-ring (bicyclic) bond motifs is 2. The molecule has 1 saturated heterocycles. The number of hydrogen-bond donors (Lipinski definition) is 4. The number of carbonyl (C=O) groups excluding carboxylic acids is 2. The fourth-order valence-corrected chi connectivity index (χ4v) is 7.00. The summed E-state index contributed by atoms with van der Waals surface area (Å²) in [6, 6.07) is 7.25. The molecule has 0 unspecified atom stereocenters. The average molecular weight is 560 g/mol. The molecule has 0 bridgehead atoms. The van der Waals surface area contributed by atoms with E-state index in [9.17, 15) is 19.1 Å². The monoisotopic (exact) mass is 559 g/mol. The van der Waals surface area contributed by atoms with Crippen molar-refractivity contribution in [2.24, 2.45) is 5.41 Å². The molecule has 2 heterocycles. The molecule has 0 radical (unpaired) electrons. The number of aliphatic hydroxyl groups is 1. The highest BCUT2D eigenvalue weighted by atomic mass is 35.5. The van der Waals surface area contributed by atoms with Crippen LogP contribution >= 0.6 is 11.6 Å². The molecule has 210 valence electrons. The summed E-state index contributed by atoms with van der Waals surface area (Å²) in [5.41, 5.74) is -1.33. The van der Waals surface area contributed by atoms with Crippen LogP contribution in [0.4, 0.5) is 14.5 Å². The number of carbonyl (C=O) groups is 2. The molecular formula is C30H36ClF2N3O3. The van der Waals surface area contributed by atoms with Crippen molar-refractivity contribution in [2.45, 2.75) is 94.9 Å². The minimum absolute atomic E-state index is 0.0245. The molecule has 1 saturated carbocycles. The van der Waals surface area contributed by atoms with E-state index in [-0.39, 0.29) is 28.8 Å². The highest BCUT2D eigenvalue weighted by Crippen LogP contribution is 2.57. The molecule has 1 aliphatic carbocycles. The summed E-state index contributed by atoms with van der Waals surface area (Å²) in [5, 5.41) is 20.2. The Balaban J connectivity index is 1.65. The van der Waals surface area contributed by atoms with Crippen LogP contribution in [0, 0.1) is 17.0 Å². The van der Waals surface area contributed by atoms with E-state index in [1.165, 1.54) is 12.1 Å². The first kappa shape index (κ1) is 28.0. The smallest absolute Gasteiger partial charge is 0.238 e. The molecule has 6 nitrogen and oxygen atoms in total. The van der Waals surface area contributed by atoms with Gasteiger partial charge >= 0.3 is 0 Å². The van der Waals surface area contributed by atoms with E-state index in [1.807, 2.05) is 20.8 Å².